The van der Waals surface area contributed by atoms with E-state index in [4.69, 9.17) is 0 Å². The Bertz CT molecular complexity index is 757. The van der Waals surface area contributed by atoms with Gasteiger partial charge in [0, 0.05) is 17.1 Å². The molecule has 4 N–H and O–H groups in total. The Morgan fingerprint density at radius 1 is 0.828 bits per heavy atom. The van der Waals surface area contributed by atoms with Crippen LogP contribution in [0.25, 0.3) is 0 Å². The lowest BCUT2D eigenvalue weighted by Crippen LogP contribution is -2.28. The second kappa shape index (κ2) is 11.2. The van der Waals surface area contributed by atoms with E-state index in [1.165, 1.54) is 6.08 Å². The van der Waals surface area contributed by atoms with Gasteiger partial charge in [0.15, 0.2) is 0 Å². The third-order valence-electron chi connectivity index (χ3n) is 5.01. The van der Waals surface area contributed by atoms with Gasteiger partial charge in [-0.3, -0.25) is 0 Å². The van der Waals surface area contributed by atoms with Crippen LogP contribution in [0.4, 0.5) is 0 Å². The molecule has 1 aliphatic carbocycles. The summed E-state index contributed by atoms with van der Waals surface area (Å²) in [6.07, 6.45) is 5.30. The summed E-state index contributed by atoms with van der Waals surface area (Å²) >= 11 is 0. The predicted molar refractivity (Wildman–Crippen MR) is 104 cm³/mol. The molecule has 8 nitrogen and oxygen atoms in total. The quantitative estimate of drug-likeness (QED) is 0.401. The molecule has 0 heterocycles. The van der Waals surface area contributed by atoms with Crippen molar-refractivity contribution in [1.82, 2.24) is 0 Å². The third-order valence-corrected chi connectivity index (χ3v) is 5.01. The molecule has 1 rings (SSSR count). The van der Waals surface area contributed by atoms with Crippen molar-refractivity contribution in [1.29, 1.82) is 0 Å². The van der Waals surface area contributed by atoms with Crippen molar-refractivity contribution in [2.45, 2.75) is 58.8 Å². The van der Waals surface area contributed by atoms with Crippen molar-refractivity contribution in [2.75, 3.05) is 0 Å². The highest BCUT2D eigenvalue weighted by molar-refractivity contribution is 6.03. The Kier molecular flexibility index (Phi) is 9.31. The lowest BCUT2D eigenvalue weighted by Gasteiger charge is -2.27. The van der Waals surface area contributed by atoms with E-state index >= 15 is 0 Å². The molecule has 0 aromatic carbocycles. The molecule has 0 aliphatic heterocycles. The number of hydrogen-bond donors (Lipinski definition) is 4. The Labute approximate surface area is 169 Å². The van der Waals surface area contributed by atoms with E-state index in [0.717, 1.165) is 6.42 Å². The summed E-state index contributed by atoms with van der Waals surface area (Å²) in [6.45, 7) is 3.78. The second-order valence-corrected chi connectivity index (χ2v) is 7.08. The average Bonchev–Trinajstić information content (AvgIpc) is 2.61. The van der Waals surface area contributed by atoms with Gasteiger partial charge in [-0.2, -0.15) is 0 Å². The van der Waals surface area contributed by atoms with Crippen LogP contribution in [0, 0.1) is 11.8 Å². The third kappa shape index (κ3) is 6.30. The molecule has 2 atom stereocenters. The van der Waals surface area contributed by atoms with Crippen molar-refractivity contribution in [3.63, 3.8) is 0 Å². The maximum atomic E-state index is 12.0. The number of allylic oxidation sites excluding steroid dienone is 2. The van der Waals surface area contributed by atoms with Crippen LogP contribution in [0.2, 0.25) is 0 Å². The minimum Gasteiger partial charge on any atom is -0.478 e. The fourth-order valence-corrected chi connectivity index (χ4v) is 3.65. The number of unbranched alkanes of at least 4 members (excludes halogenated alkanes) is 2. The minimum absolute atomic E-state index is 0.259. The first-order chi connectivity index (χ1) is 13.6. The number of carboxylic acids is 4. The van der Waals surface area contributed by atoms with Crippen LogP contribution in [0.15, 0.2) is 34.4 Å². The van der Waals surface area contributed by atoms with Gasteiger partial charge in [-0.1, -0.05) is 45.3 Å². The summed E-state index contributed by atoms with van der Waals surface area (Å²) in [5.74, 6) is -7.64. The van der Waals surface area contributed by atoms with Gasteiger partial charge in [0.25, 0.3) is 0 Å². The Morgan fingerprint density at radius 3 is 1.83 bits per heavy atom. The van der Waals surface area contributed by atoms with Crippen LogP contribution < -0.4 is 0 Å². The normalized spacial score (nSPS) is 25.4. The molecule has 0 aromatic heterocycles. The number of rotatable bonds is 10. The van der Waals surface area contributed by atoms with Gasteiger partial charge in [0.05, 0.1) is 11.1 Å². The molecule has 8 heteroatoms. The molecule has 2 unspecified atom stereocenters. The van der Waals surface area contributed by atoms with E-state index in [0.29, 0.717) is 19.3 Å². The summed E-state index contributed by atoms with van der Waals surface area (Å²) in [4.78, 5) is 47.7. The van der Waals surface area contributed by atoms with E-state index in [-0.39, 0.29) is 35.1 Å². The Morgan fingerprint density at radius 2 is 1.38 bits per heavy atom. The van der Waals surface area contributed by atoms with Gasteiger partial charge in [-0.25, -0.2) is 19.2 Å². The zero-order valence-corrected chi connectivity index (χ0v) is 16.7. The molecule has 0 spiro atoms. The summed E-state index contributed by atoms with van der Waals surface area (Å²) < 4.78 is 0. The van der Waals surface area contributed by atoms with Crippen molar-refractivity contribution in [3.8, 4) is 0 Å². The summed E-state index contributed by atoms with van der Waals surface area (Å²) in [7, 11) is 0. The SMILES string of the molecule is CCC/C=C/C1C/C(C(=O)O)=C(/C(=O)O)C(CCCC)C/C(C(=O)O)=C\1C(=O)O. The van der Waals surface area contributed by atoms with Crippen molar-refractivity contribution >= 4 is 23.9 Å². The van der Waals surface area contributed by atoms with Gasteiger partial charge < -0.3 is 20.4 Å². The fourth-order valence-electron chi connectivity index (χ4n) is 3.65. The van der Waals surface area contributed by atoms with Gasteiger partial charge in [0.2, 0.25) is 0 Å². The van der Waals surface area contributed by atoms with E-state index in [1.54, 1.807) is 6.08 Å². The summed E-state index contributed by atoms with van der Waals surface area (Å²) in [6, 6.07) is 0. The van der Waals surface area contributed by atoms with Gasteiger partial charge in [-0.05, 0) is 31.6 Å². The van der Waals surface area contributed by atoms with Crippen LogP contribution in [0.5, 0.6) is 0 Å². The number of hydrogen-bond acceptors (Lipinski definition) is 4. The summed E-state index contributed by atoms with van der Waals surface area (Å²) in [5, 5.41) is 38.8. The van der Waals surface area contributed by atoms with Crippen molar-refractivity contribution in [3.05, 3.63) is 34.4 Å². The Balaban J connectivity index is 3.76. The lowest BCUT2D eigenvalue weighted by molar-refractivity contribution is -0.137. The van der Waals surface area contributed by atoms with Crippen molar-refractivity contribution < 1.29 is 39.6 Å². The zero-order chi connectivity index (χ0) is 22.1. The highest BCUT2D eigenvalue weighted by Crippen LogP contribution is 2.38. The molecule has 0 aromatic rings. The van der Waals surface area contributed by atoms with Gasteiger partial charge >= 0.3 is 23.9 Å². The van der Waals surface area contributed by atoms with Gasteiger partial charge in [0.1, 0.15) is 0 Å². The van der Waals surface area contributed by atoms with E-state index in [1.807, 2.05) is 13.8 Å². The highest BCUT2D eigenvalue weighted by Gasteiger charge is 2.37. The molecule has 1 aliphatic rings. The maximum absolute atomic E-state index is 12.0. The molecule has 0 bridgehead atoms. The van der Waals surface area contributed by atoms with Crippen LogP contribution in [0.1, 0.15) is 58.8 Å². The monoisotopic (exact) mass is 408 g/mol. The maximum Gasteiger partial charge on any atom is 0.332 e. The molecule has 0 amide bonds. The predicted octanol–water partition coefficient (Wildman–Crippen LogP) is 3.49. The number of carboxylic acid groups (broad SMARTS) is 4. The molecule has 0 saturated heterocycles. The highest BCUT2D eigenvalue weighted by atomic mass is 16.4. The first-order valence-corrected chi connectivity index (χ1v) is 9.71. The molecule has 160 valence electrons. The zero-order valence-electron chi connectivity index (χ0n) is 16.7. The van der Waals surface area contributed by atoms with Crippen LogP contribution >= 0.6 is 0 Å². The van der Waals surface area contributed by atoms with E-state index in [9.17, 15) is 39.6 Å². The molecular weight excluding hydrogens is 380 g/mol. The first kappa shape index (κ1) is 24.1. The van der Waals surface area contributed by atoms with Crippen LogP contribution in [0.3, 0.4) is 0 Å². The lowest BCUT2D eigenvalue weighted by atomic mass is 9.76. The molecular formula is C21H28O8. The van der Waals surface area contributed by atoms with E-state index in [2.05, 4.69) is 0 Å². The van der Waals surface area contributed by atoms with Crippen LogP contribution in [-0.4, -0.2) is 44.3 Å². The topological polar surface area (TPSA) is 149 Å². The largest absolute Gasteiger partial charge is 0.478 e. The standard InChI is InChI=1S/C21H28O8/c1-3-5-7-9-13-11-15(19(24)25)16(20(26)27)12(8-6-4-2)10-14(18(22)23)17(13)21(28)29/h7,9,12-13H,3-6,8,10-11H2,1-2H3,(H,22,23)(H,24,25)(H,26,27)(H,28,29)/b9-7+,16-15-,17-14-. The Hall–Kier alpha value is -2.90. The second-order valence-electron chi connectivity index (χ2n) is 7.08. The smallest absolute Gasteiger partial charge is 0.332 e. The molecule has 0 saturated carbocycles. The summed E-state index contributed by atoms with van der Waals surface area (Å²) in [5.41, 5.74) is -1.45. The molecule has 29 heavy (non-hydrogen) atoms. The molecule has 0 radical (unpaired) electrons. The average molecular weight is 408 g/mol. The first-order valence-electron chi connectivity index (χ1n) is 9.71. The minimum atomic E-state index is -1.44. The van der Waals surface area contributed by atoms with Gasteiger partial charge in [-0.15, -0.1) is 0 Å². The molecule has 0 fully saturated rings. The van der Waals surface area contributed by atoms with Crippen LogP contribution in [-0.2, 0) is 19.2 Å². The number of aliphatic carboxylic acids is 4. The fraction of sp³-hybridized carbons (Fsp3) is 0.524. The number of carbonyl (C=O) groups is 4. The van der Waals surface area contributed by atoms with E-state index < -0.39 is 42.1 Å². The van der Waals surface area contributed by atoms with Crippen molar-refractivity contribution in [2.24, 2.45) is 11.8 Å².